The zero-order valence-corrected chi connectivity index (χ0v) is 16.5. The molecule has 2 aromatic carbocycles. The maximum atomic E-state index is 12.7. The number of ether oxygens (including phenoxy) is 1. The molecule has 1 heterocycles. The van der Waals surface area contributed by atoms with Gasteiger partial charge in [0.05, 0.1) is 27.3 Å². The Morgan fingerprint density at radius 1 is 1.26 bits per heavy atom. The molecule has 0 unspecified atom stereocenters. The maximum absolute atomic E-state index is 12.7. The van der Waals surface area contributed by atoms with Crippen LogP contribution in [0.5, 0.6) is 0 Å². The molecule has 1 aliphatic heterocycles. The SMILES string of the molecule is CN(c1ccc(C(=O)NC[C@@H]2CCCO2)c(Cl)c1)S(=O)(=O)c1ccccc1. The molecule has 27 heavy (non-hydrogen) atoms. The molecule has 2 aromatic rings. The number of carbonyl (C=O) groups excluding carboxylic acids is 1. The second-order valence-electron chi connectivity index (χ2n) is 6.29. The largest absolute Gasteiger partial charge is 0.376 e. The Bertz CT molecular complexity index is 913. The molecule has 8 heteroatoms. The van der Waals surface area contributed by atoms with Gasteiger partial charge in [0.15, 0.2) is 0 Å². The first kappa shape index (κ1) is 19.7. The van der Waals surface area contributed by atoms with Crippen molar-refractivity contribution >= 4 is 33.2 Å². The van der Waals surface area contributed by atoms with E-state index in [1.165, 1.54) is 31.3 Å². The van der Waals surface area contributed by atoms with Crippen LogP contribution in [0.2, 0.25) is 5.02 Å². The fraction of sp³-hybridized carbons (Fsp3) is 0.316. The fourth-order valence-corrected chi connectivity index (χ4v) is 4.35. The highest BCUT2D eigenvalue weighted by Crippen LogP contribution is 2.27. The van der Waals surface area contributed by atoms with Crippen LogP contribution < -0.4 is 9.62 Å². The Morgan fingerprint density at radius 3 is 2.63 bits per heavy atom. The molecule has 1 N–H and O–H groups in total. The minimum Gasteiger partial charge on any atom is -0.376 e. The summed E-state index contributed by atoms with van der Waals surface area (Å²) in [6.07, 6.45) is 1.96. The molecule has 0 radical (unpaired) electrons. The predicted molar refractivity (Wildman–Crippen MR) is 105 cm³/mol. The van der Waals surface area contributed by atoms with Gasteiger partial charge in [-0.25, -0.2) is 8.42 Å². The van der Waals surface area contributed by atoms with Crippen LogP contribution in [0.3, 0.4) is 0 Å². The smallest absolute Gasteiger partial charge is 0.264 e. The number of amides is 1. The van der Waals surface area contributed by atoms with Gasteiger partial charge < -0.3 is 10.1 Å². The number of benzene rings is 2. The molecule has 3 rings (SSSR count). The van der Waals surface area contributed by atoms with Crippen molar-refractivity contribution in [1.29, 1.82) is 0 Å². The van der Waals surface area contributed by atoms with Crippen LogP contribution >= 0.6 is 11.6 Å². The van der Waals surface area contributed by atoms with E-state index in [0.29, 0.717) is 17.8 Å². The summed E-state index contributed by atoms with van der Waals surface area (Å²) < 4.78 is 32.0. The van der Waals surface area contributed by atoms with Crippen LogP contribution in [0.4, 0.5) is 5.69 Å². The third-order valence-electron chi connectivity index (χ3n) is 4.48. The summed E-state index contributed by atoms with van der Waals surface area (Å²) in [6.45, 7) is 1.15. The Hall–Kier alpha value is -2.09. The molecule has 1 fully saturated rings. The first-order chi connectivity index (χ1) is 12.9. The maximum Gasteiger partial charge on any atom is 0.264 e. The summed E-state index contributed by atoms with van der Waals surface area (Å²) in [5.74, 6) is -0.310. The fourth-order valence-electron chi connectivity index (χ4n) is 2.88. The standard InChI is InChI=1S/C19H21ClN2O4S/c1-22(27(24,25)16-7-3-2-4-8-16)14-9-10-17(18(20)12-14)19(23)21-13-15-6-5-11-26-15/h2-4,7-10,12,15H,5-6,11,13H2,1H3,(H,21,23)/t15-/m0/s1. The number of hydrogen-bond acceptors (Lipinski definition) is 4. The molecule has 1 saturated heterocycles. The lowest BCUT2D eigenvalue weighted by Gasteiger charge is -2.20. The third kappa shape index (κ3) is 4.43. The van der Waals surface area contributed by atoms with Crippen LogP contribution in [0, 0.1) is 0 Å². The van der Waals surface area contributed by atoms with E-state index in [1.807, 2.05) is 0 Å². The molecule has 0 spiro atoms. The Kier molecular flexibility index (Phi) is 6.04. The number of nitrogens with one attached hydrogen (secondary N) is 1. The number of anilines is 1. The van der Waals surface area contributed by atoms with Crippen LogP contribution in [0.1, 0.15) is 23.2 Å². The topological polar surface area (TPSA) is 75.7 Å². The lowest BCUT2D eigenvalue weighted by molar-refractivity contribution is 0.0858. The highest BCUT2D eigenvalue weighted by molar-refractivity contribution is 7.92. The zero-order chi connectivity index (χ0) is 19.4. The van der Waals surface area contributed by atoms with Crippen molar-refractivity contribution in [3.8, 4) is 0 Å². The van der Waals surface area contributed by atoms with Gasteiger partial charge in [0, 0.05) is 20.2 Å². The second kappa shape index (κ2) is 8.29. The van der Waals surface area contributed by atoms with Crippen molar-refractivity contribution < 1.29 is 17.9 Å². The predicted octanol–water partition coefficient (Wildman–Crippen LogP) is 3.07. The molecule has 6 nitrogen and oxygen atoms in total. The molecule has 0 saturated carbocycles. The van der Waals surface area contributed by atoms with Crippen LogP contribution in [-0.2, 0) is 14.8 Å². The zero-order valence-electron chi connectivity index (χ0n) is 14.9. The number of carbonyl (C=O) groups is 1. The van der Waals surface area contributed by atoms with Gasteiger partial charge in [-0.3, -0.25) is 9.10 Å². The van der Waals surface area contributed by atoms with Crippen LogP contribution in [-0.4, -0.2) is 40.6 Å². The first-order valence-electron chi connectivity index (χ1n) is 8.63. The molecule has 1 aliphatic rings. The lowest BCUT2D eigenvalue weighted by atomic mass is 10.2. The summed E-state index contributed by atoms with van der Waals surface area (Å²) in [7, 11) is -2.26. The summed E-state index contributed by atoms with van der Waals surface area (Å²) in [5, 5.41) is 2.99. The minimum absolute atomic E-state index is 0.0362. The summed E-state index contributed by atoms with van der Waals surface area (Å²) >= 11 is 6.25. The first-order valence-corrected chi connectivity index (χ1v) is 10.4. The molecule has 0 bridgehead atoms. The number of rotatable bonds is 6. The van der Waals surface area contributed by atoms with Crippen molar-refractivity contribution in [3.63, 3.8) is 0 Å². The molecule has 0 aromatic heterocycles. The molecule has 144 valence electrons. The molecular formula is C19H21ClN2O4S. The molecule has 0 aliphatic carbocycles. The Morgan fingerprint density at radius 2 is 2.00 bits per heavy atom. The van der Waals surface area contributed by atoms with E-state index in [0.717, 1.165) is 23.8 Å². The summed E-state index contributed by atoms with van der Waals surface area (Å²) in [5.41, 5.74) is 0.670. The monoisotopic (exact) mass is 408 g/mol. The molecular weight excluding hydrogens is 388 g/mol. The number of hydrogen-bond donors (Lipinski definition) is 1. The molecule has 1 amide bonds. The highest BCUT2D eigenvalue weighted by atomic mass is 35.5. The summed E-state index contributed by atoms with van der Waals surface area (Å²) in [6, 6.07) is 12.7. The van der Waals surface area contributed by atoms with E-state index in [1.54, 1.807) is 24.3 Å². The normalized spacial score (nSPS) is 16.9. The van der Waals surface area contributed by atoms with E-state index < -0.39 is 10.0 Å². The van der Waals surface area contributed by atoms with Gasteiger partial charge in [-0.2, -0.15) is 0 Å². The average molecular weight is 409 g/mol. The van der Waals surface area contributed by atoms with Crippen molar-refractivity contribution in [1.82, 2.24) is 5.32 Å². The van der Waals surface area contributed by atoms with Crippen LogP contribution in [0.15, 0.2) is 53.4 Å². The van der Waals surface area contributed by atoms with E-state index in [2.05, 4.69) is 5.32 Å². The van der Waals surface area contributed by atoms with Crippen molar-refractivity contribution in [2.75, 3.05) is 24.5 Å². The number of nitrogens with zero attached hydrogens (tertiary/aromatic N) is 1. The third-order valence-corrected chi connectivity index (χ3v) is 6.59. The van der Waals surface area contributed by atoms with Crippen molar-refractivity contribution in [2.24, 2.45) is 0 Å². The second-order valence-corrected chi connectivity index (χ2v) is 8.67. The van der Waals surface area contributed by atoms with Gasteiger partial charge in [-0.1, -0.05) is 29.8 Å². The summed E-state index contributed by atoms with van der Waals surface area (Å²) in [4.78, 5) is 12.5. The number of sulfonamides is 1. The average Bonchev–Trinajstić information content (AvgIpc) is 3.19. The molecule has 1 atom stereocenters. The quantitative estimate of drug-likeness (QED) is 0.796. The van der Waals surface area contributed by atoms with E-state index in [9.17, 15) is 13.2 Å². The van der Waals surface area contributed by atoms with E-state index in [-0.39, 0.29) is 21.9 Å². The Balaban J connectivity index is 1.74. The van der Waals surface area contributed by atoms with Gasteiger partial charge in [0.25, 0.3) is 15.9 Å². The van der Waals surface area contributed by atoms with Gasteiger partial charge in [0.1, 0.15) is 0 Å². The van der Waals surface area contributed by atoms with Crippen LogP contribution in [0.25, 0.3) is 0 Å². The van der Waals surface area contributed by atoms with E-state index in [4.69, 9.17) is 16.3 Å². The van der Waals surface area contributed by atoms with Gasteiger partial charge >= 0.3 is 0 Å². The van der Waals surface area contributed by atoms with Gasteiger partial charge in [-0.05, 0) is 43.2 Å². The van der Waals surface area contributed by atoms with Crippen molar-refractivity contribution in [3.05, 3.63) is 59.1 Å². The number of halogens is 1. The minimum atomic E-state index is -3.71. The Labute approximate surface area is 164 Å². The van der Waals surface area contributed by atoms with Gasteiger partial charge in [-0.15, -0.1) is 0 Å². The van der Waals surface area contributed by atoms with Gasteiger partial charge in [0.2, 0.25) is 0 Å². The van der Waals surface area contributed by atoms with Crippen molar-refractivity contribution in [2.45, 2.75) is 23.8 Å². The van der Waals surface area contributed by atoms with E-state index >= 15 is 0 Å². The lowest BCUT2D eigenvalue weighted by Crippen LogP contribution is -2.32. The highest BCUT2D eigenvalue weighted by Gasteiger charge is 2.23.